The average molecular weight is 304 g/mol. The SMILES string of the molecule is CC(C)n1cc(NS(=O)(=O)Cc2ccccc2C#N)cn1. The fourth-order valence-corrected chi connectivity index (χ4v) is 3.05. The van der Waals surface area contributed by atoms with Crippen molar-refractivity contribution >= 4 is 15.7 Å². The van der Waals surface area contributed by atoms with Crippen molar-refractivity contribution < 1.29 is 8.42 Å². The highest BCUT2D eigenvalue weighted by Crippen LogP contribution is 2.16. The van der Waals surface area contributed by atoms with E-state index >= 15 is 0 Å². The van der Waals surface area contributed by atoms with Gasteiger partial charge in [-0.3, -0.25) is 9.40 Å². The van der Waals surface area contributed by atoms with Gasteiger partial charge < -0.3 is 0 Å². The molecule has 0 saturated heterocycles. The molecular formula is C14H16N4O2S. The maximum atomic E-state index is 12.2. The first-order chi connectivity index (χ1) is 9.91. The molecule has 2 aromatic rings. The number of benzene rings is 1. The van der Waals surface area contributed by atoms with E-state index in [4.69, 9.17) is 5.26 Å². The number of nitrogens with one attached hydrogen (secondary N) is 1. The fraction of sp³-hybridized carbons (Fsp3) is 0.286. The zero-order valence-corrected chi connectivity index (χ0v) is 12.6. The second-order valence-electron chi connectivity index (χ2n) is 4.93. The minimum absolute atomic E-state index is 0.155. The molecule has 0 aliphatic carbocycles. The van der Waals surface area contributed by atoms with E-state index in [-0.39, 0.29) is 11.8 Å². The van der Waals surface area contributed by atoms with Crippen molar-refractivity contribution in [1.29, 1.82) is 5.26 Å². The number of aromatic nitrogens is 2. The molecule has 110 valence electrons. The number of hydrogen-bond donors (Lipinski definition) is 1. The van der Waals surface area contributed by atoms with Crippen molar-refractivity contribution in [2.45, 2.75) is 25.6 Å². The molecule has 1 heterocycles. The van der Waals surface area contributed by atoms with E-state index in [9.17, 15) is 8.42 Å². The van der Waals surface area contributed by atoms with E-state index in [1.807, 2.05) is 19.9 Å². The van der Waals surface area contributed by atoms with Crippen molar-refractivity contribution in [3.8, 4) is 6.07 Å². The molecule has 0 amide bonds. The summed E-state index contributed by atoms with van der Waals surface area (Å²) in [4.78, 5) is 0. The molecule has 1 N–H and O–H groups in total. The number of sulfonamides is 1. The van der Waals surface area contributed by atoms with Gasteiger partial charge in [-0.15, -0.1) is 0 Å². The second kappa shape index (κ2) is 5.97. The number of nitriles is 1. The van der Waals surface area contributed by atoms with Gasteiger partial charge in [0.15, 0.2) is 0 Å². The zero-order chi connectivity index (χ0) is 15.5. The normalized spacial score (nSPS) is 11.3. The first-order valence-corrected chi connectivity index (χ1v) is 8.09. The quantitative estimate of drug-likeness (QED) is 0.918. The van der Waals surface area contributed by atoms with Crippen molar-refractivity contribution in [2.75, 3.05) is 4.72 Å². The minimum Gasteiger partial charge on any atom is -0.280 e. The van der Waals surface area contributed by atoms with Crippen LogP contribution in [0.25, 0.3) is 0 Å². The molecule has 0 saturated carbocycles. The molecule has 6 nitrogen and oxygen atoms in total. The first kappa shape index (κ1) is 15.1. The predicted octanol–water partition coefficient (Wildman–Crippen LogP) is 2.28. The van der Waals surface area contributed by atoms with Crippen LogP contribution in [0.4, 0.5) is 5.69 Å². The Morgan fingerprint density at radius 1 is 1.38 bits per heavy atom. The molecule has 0 radical (unpaired) electrons. The topological polar surface area (TPSA) is 87.8 Å². The van der Waals surface area contributed by atoms with Gasteiger partial charge in [-0.2, -0.15) is 10.4 Å². The van der Waals surface area contributed by atoms with E-state index in [1.165, 1.54) is 6.20 Å². The third-order valence-electron chi connectivity index (χ3n) is 2.89. The van der Waals surface area contributed by atoms with Crippen molar-refractivity contribution in [2.24, 2.45) is 0 Å². The van der Waals surface area contributed by atoms with Gasteiger partial charge in [-0.05, 0) is 25.5 Å². The third-order valence-corrected chi connectivity index (χ3v) is 4.13. The third kappa shape index (κ3) is 3.83. The largest absolute Gasteiger partial charge is 0.280 e. The highest BCUT2D eigenvalue weighted by Gasteiger charge is 2.15. The van der Waals surface area contributed by atoms with E-state index in [0.717, 1.165) is 0 Å². The van der Waals surface area contributed by atoms with Gasteiger partial charge in [0, 0.05) is 12.2 Å². The lowest BCUT2D eigenvalue weighted by molar-refractivity contribution is 0.532. The van der Waals surface area contributed by atoms with Gasteiger partial charge in [0.1, 0.15) is 0 Å². The number of anilines is 1. The summed E-state index contributed by atoms with van der Waals surface area (Å²) < 4.78 is 28.5. The van der Waals surface area contributed by atoms with Crippen LogP contribution >= 0.6 is 0 Å². The molecule has 0 aliphatic rings. The van der Waals surface area contributed by atoms with Crippen LogP contribution in [0.5, 0.6) is 0 Å². The summed E-state index contributed by atoms with van der Waals surface area (Å²) in [6.45, 7) is 3.91. The molecule has 0 unspecified atom stereocenters. The van der Waals surface area contributed by atoms with Crippen LogP contribution in [0.2, 0.25) is 0 Å². The van der Waals surface area contributed by atoms with Gasteiger partial charge in [-0.25, -0.2) is 8.42 Å². The van der Waals surface area contributed by atoms with Crippen LogP contribution in [-0.4, -0.2) is 18.2 Å². The highest BCUT2D eigenvalue weighted by atomic mass is 32.2. The summed E-state index contributed by atoms with van der Waals surface area (Å²) in [6, 6.07) is 8.79. The Bertz CT molecular complexity index is 772. The van der Waals surface area contributed by atoms with Gasteiger partial charge in [0.2, 0.25) is 10.0 Å². The van der Waals surface area contributed by atoms with Crippen molar-refractivity contribution in [3.63, 3.8) is 0 Å². The smallest absolute Gasteiger partial charge is 0.237 e. The standard InChI is InChI=1S/C14H16N4O2S/c1-11(2)18-9-14(8-16-18)17-21(19,20)10-13-6-4-3-5-12(13)7-15/h3-6,8-9,11,17H,10H2,1-2H3. The Kier molecular flexibility index (Phi) is 4.29. The summed E-state index contributed by atoms with van der Waals surface area (Å²) in [5.41, 5.74) is 1.25. The maximum Gasteiger partial charge on any atom is 0.237 e. The van der Waals surface area contributed by atoms with E-state index in [0.29, 0.717) is 16.8 Å². The molecule has 0 bridgehead atoms. The Morgan fingerprint density at radius 2 is 2.10 bits per heavy atom. The van der Waals surface area contributed by atoms with Crippen molar-refractivity contribution in [1.82, 2.24) is 9.78 Å². The fourth-order valence-electron chi connectivity index (χ4n) is 1.85. The Morgan fingerprint density at radius 3 is 2.71 bits per heavy atom. The van der Waals surface area contributed by atoms with Gasteiger partial charge in [0.25, 0.3) is 0 Å². The molecule has 0 spiro atoms. The lowest BCUT2D eigenvalue weighted by Gasteiger charge is -2.07. The van der Waals surface area contributed by atoms with Gasteiger partial charge >= 0.3 is 0 Å². The summed E-state index contributed by atoms with van der Waals surface area (Å²) in [7, 11) is -3.59. The number of nitrogens with zero attached hydrogens (tertiary/aromatic N) is 3. The molecule has 1 aromatic heterocycles. The molecule has 7 heteroatoms. The summed E-state index contributed by atoms with van der Waals surface area (Å²) in [5, 5.41) is 13.1. The lowest BCUT2D eigenvalue weighted by Crippen LogP contribution is -2.15. The predicted molar refractivity (Wildman–Crippen MR) is 80.0 cm³/mol. The zero-order valence-electron chi connectivity index (χ0n) is 11.8. The van der Waals surface area contributed by atoms with Crippen LogP contribution in [-0.2, 0) is 15.8 Å². The Labute approximate surface area is 124 Å². The average Bonchev–Trinajstić information content (AvgIpc) is 2.86. The summed E-state index contributed by atoms with van der Waals surface area (Å²) in [6.07, 6.45) is 3.10. The lowest BCUT2D eigenvalue weighted by atomic mass is 10.1. The molecule has 0 fully saturated rings. The molecule has 0 atom stereocenters. The first-order valence-electron chi connectivity index (χ1n) is 6.44. The summed E-state index contributed by atoms with van der Waals surface area (Å²) in [5.74, 6) is -0.246. The molecule has 0 aliphatic heterocycles. The van der Waals surface area contributed by atoms with E-state index in [1.54, 1.807) is 35.1 Å². The molecular weight excluding hydrogens is 288 g/mol. The number of rotatable bonds is 5. The van der Waals surface area contributed by atoms with Gasteiger partial charge in [-0.1, -0.05) is 18.2 Å². The molecule has 21 heavy (non-hydrogen) atoms. The Balaban J connectivity index is 2.17. The van der Waals surface area contributed by atoms with Gasteiger partial charge in [0.05, 0.1) is 29.3 Å². The van der Waals surface area contributed by atoms with Crippen LogP contribution < -0.4 is 4.72 Å². The van der Waals surface area contributed by atoms with E-state index in [2.05, 4.69) is 9.82 Å². The summed E-state index contributed by atoms with van der Waals surface area (Å²) >= 11 is 0. The number of hydrogen-bond acceptors (Lipinski definition) is 4. The second-order valence-corrected chi connectivity index (χ2v) is 6.66. The van der Waals surface area contributed by atoms with E-state index < -0.39 is 10.0 Å². The monoisotopic (exact) mass is 304 g/mol. The van der Waals surface area contributed by atoms with Crippen LogP contribution in [0, 0.1) is 11.3 Å². The molecule has 1 aromatic carbocycles. The van der Waals surface area contributed by atoms with Crippen LogP contribution in [0.15, 0.2) is 36.7 Å². The van der Waals surface area contributed by atoms with Crippen molar-refractivity contribution in [3.05, 3.63) is 47.8 Å². The Hall–Kier alpha value is -2.33. The molecule has 2 rings (SSSR count). The minimum atomic E-state index is -3.59. The highest BCUT2D eigenvalue weighted by molar-refractivity contribution is 7.91. The van der Waals surface area contributed by atoms with Crippen LogP contribution in [0.1, 0.15) is 31.0 Å². The maximum absolute atomic E-state index is 12.2. The van der Waals surface area contributed by atoms with Crippen LogP contribution in [0.3, 0.4) is 0 Å².